The van der Waals surface area contributed by atoms with Crippen LogP contribution in [0.3, 0.4) is 0 Å². The van der Waals surface area contributed by atoms with Crippen molar-refractivity contribution in [3.63, 3.8) is 0 Å². The number of hydrogen-bond donors (Lipinski definition) is 1. The van der Waals surface area contributed by atoms with Gasteiger partial charge >= 0.3 is 0 Å². The smallest absolute Gasteiger partial charge is 0.261 e. The van der Waals surface area contributed by atoms with Gasteiger partial charge in [-0.1, -0.05) is 35.1 Å². The molecule has 4 nitrogen and oxygen atoms in total. The maximum absolute atomic E-state index is 13.8. The molecule has 0 spiro atoms. The van der Waals surface area contributed by atoms with Crippen molar-refractivity contribution in [2.75, 3.05) is 12.4 Å². The van der Waals surface area contributed by atoms with E-state index in [-0.39, 0.29) is 10.6 Å². The van der Waals surface area contributed by atoms with Crippen LogP contribution >= 0.6 is 22.9 Å². The lowest BCUT2D eigenvalue weighted by molar-refractivity contribution is 0.102. The Labute approximate surface area is 140 Å². The molecule has 23 heavy (non-hydrogen) atoms. The quantitative estimate of drug-likeness (QED) is 0.747. The Hall–Kier alpha value is -2.18. The van der Waals surface area contributed by atoms with Gasteiger partial charge in [0.05, 0.1) is 22.4 Å². The number of thiazole rings is 1. The largest absolute Gasteiger partial charge is 0.494 e. The van der Waals surface area contributed by atoms with Gasteiger partial charge in [-0.3, -0.25) is 10.1 Å². The number of halogens is 2. The van der Waals surface area contributed by atoms with Gasteiger partial charge in [-0.25, -0.2) is 9.37 Å². The number of nitrogens with one attached hydrogen (secondary N) is 1. The molecule has 0 aliphatic rings. The Morgan fingerprint density at radius 1 is 1.35 bits per heavy atom. The van der Waals surface area contributed by atoms with E-state index in [1.165, 1.54) is 29.5 Å². The minimum atomic E-state index is -0.676. The number of carbonyl (C=O) groups excluding carboxylic acids is 1. The Bertz CT molecular complexity index is 890. The molecule has 2 aromatic carbocycles. The van der Waals surface area contributed by atoms with Crippen LogP contribution in [-0.4, -0.2) is 18.0 Å². The van der Waals surface area contributed by atoms with Crippen molar-refractivity contribution in [2.24, 2.45) is 0 Å². The molecule has 1 amide bonds. The lowest BCUT2D eigenvalue weighted by atomic mass is 10.2. The predicted octanol–water partition coefficient (Wildman–Crippen LogP) is 4.66. The van der Waals surface area contributed by atoms with Crippen molar-refractivity contribution < 1.29 is 13.9 Å². The molecule has 1 heterocycles. The zero-order valence-corrected chi connectivity index (χ0v) is 13.9. The number of anilines is 1. The monoisotopic (exact) mass is 350 g/mol. The van der Waals surface area contributed by atoms with Crippen molar-refractivity contribution in [1.82, 2.24) is 4.98 Å². The zero-order chi connectivity index (χ0) is 16.6. The Kier molecular flexibility index (Phi) is 4.19. The average Bonchev–Trinajstić information content (AvgIpc) is 2.92. The van der Waals surface area contributed by atoms with Gasteiger partial charge in [0.2, 0.25) is 0 Å². The number of nitrogens with zero attached hydrogens (tertiary/aromatic N) is 1. The molecule has 0 atom stereocenters. The van der Waals surface area contributed by atoms with E-state index < -0.39 is 11.7 Å². The first kappa shape index (κ1) is 15.7. The first-order valence-corrected chi connectivity index (χ1v) is 7.90. The highest BCUT2D eigenvalue weighted by Gasteiger charge is 2.18. The molecule has 3 aromatic rings. The number of methoxy groups -OCH3 is 1. The van der Waals surface area contributed by atoms with Crippen LogP contribution in [0.15, 0.2) is 30.3 Å². The van der Waals surface area contributed by atoms with E-state index >= 15 is 0 Å². The van der Waals surface area contributed by atoms with Gasteiger partial charge in [0.25, 0.3) is 5.91 Å². The maximum atomic E-state index is 13.8. The summed E-state index contributed by atoms with van der Waals surface area (Å²) < 4.78 is 20.0. The molecule has 7 heteroatoms. The summed E-state index contributed by atoms with van der Waals surface area (Å²) >= 11 is 7.20. The number of amides is 1. The van der Waals surface area contributed by atoms with Gasteiger partial charge in [0, 0.05) is 0 Å². The fourth-order valence-corrected chi connectivity index (χ4v) is 3.40. The zero-order valence-electron chi connectivity index (χ0n) is 12.3. The normalized spacial score (nSPS) is 10.8. The SMILES string of the molecule is COc1ccc(C)c2sc(NC(=O)c3c(F)cccc3Cl)nc12. The van der Waals surface area contributed by atoms with Gasteiger partial charge in [-0.2, -0.15) is 0 Å². The van der Waals surface area contributed by atoms with E-state index in [2.05, 4.69) is 10.3 Å². The second kappa shape index (κ2) is 6.14. The highest BCUT2D eigenvalue weighted by atomic mass is 35.5. The lowest BCUT2D eigenvalue weighted by Crippen LogP contribution is -2.14. The number of aromatic nitrogens is 1. The van der Waals surface area contributed by atoms with E-state index in [1.807, 2.05) is 19.1 Å². The number of rotatable bonds is 3. The highest BCUT2D eigenvalue weighted by Crippen LogP contribution is 2.35. The summed E-state index contributed by atoms with van der Waals surface area (Å²) in [7, 11) is 1.56. The molecular weight excluding hydrogens is 339 g/mol. The summed E-state index contributed by atoms with van der Waals surface area (Å²) in [6, 6.07) is 7.83. The fourth-order valence-electron chi connectivity index (χ4n) is 2.20. The minimum absolute atomic E-state index is 0.0531. The third-order valence-electron chi connectivity index (χ3n) is 3.33. The molecule has 0 saturated carbocycles. The standard InChI is InChI=1S/C16H12ClFN2O2S/c1-8-6-7-11(22-2)13-14(8)23-16(19-13)20-15(21)12-9(17)4-3-5-10(12)18/h3-7H,1-2H3,(H,19,20,21). The van der Waals surface area contributed by atoms with Gasteiger partial charge in [0.1, 0.15) is 17.1 Å². The first-order chi connectivity index (χ1) is 11.0. The van der Waals surface area contributed by atoms with Crippen molar-refractivity contribution in [1.29, 1.82) is 0 Å². The van der Waals surface area contributed by atoms with Crippen molar-refractivity contribution in [2.45, 2.75) is 6.92 Å². The molecule has 0 aliphatic carbocycles. The van der Waals surface area contributed by atoms with E-state index in [0.29, 0.717) is 16.4 Å². The van der Waals surface area contributed by atoms with E-state index in [4.69, 9.17) is 16.3 Å². The lowest BCUT2D eigenvalue weighted by Gasteiger charge is -2.04. The topological polar surface area (TPSA) is 51.2 Å². The van der Waals surface area contributed by atoms with Crippen LogP contribution in [0.2, 0.25) is 5.02 Å². The highest BCUT2D eigenvalue weighted by molar-refractivity contribution is 7.22. The molecule has 0 fully saturated rings. The molecule has 3 rings (SSSR count). The van der Waals surface area contributed by atoms with Crippen LogP contribution in [0.5, 0.6) is 5.75 Å². The molecule has 0 bridgehead atoms. The fraction of sp³-hybridized carbons (Fsp3) is 0.125. The van der Waals surface area contributed by atoms with Crippen LogP contribution in [0.1, 0.15) is 15.9 Å². The molecular formula is C16H12ClFN2O2S. The van der Waals surface area contributed by atoms with Crippen LogP contribution in [0.25, 0.3) is 10.2 Å². The molecule has 0 saturated heterocycles. The Morgan fingerprint density at radius 3 is 2.83 bits per heavy atom. The molecule has 0 radical (unpaired) electrons. The summed E-state index contributed by atoms with van der Waals surface area (Å²) in [5, 5.41) is 3.01. The first-order valence-electron chi connectivity index (χ1n) is 6.70. The Balaban J connectivity index is 1.99. The number of ether oxygens (including phenoxy) is 1. The molecule has 0 unspecified atom stereocenters. The van der Waals surface area contributed by atoms with Gasteiger partial charge in [-0.05, 0) is 30.7 Å². The molecule has 118 valence electrons. The number of benzene rings is 2. The second-order valence-corrected chi connectivity index (χ2v) is 6.24. The number of carbonyl (C=O) groups is 1. The van der Waals surface area contributed by atoms with Gasteiger partial charge in [-0.15, -0.1) is 0 Å². The second-order valence-electron chi connectivity index (χ2n) is 4.83. The molecule has 1 N–H and O–H groups in total. The van der Waals surface area contributed by atoms with E-state index in [1.54, 1.807) is 7.11 Å². The average molecular weight is 351 g/mol. The maximum Gasteiger partial charge on any atom is 0.261 e. The number of hydrogen-bond acceptors (Lipinski definition) is 4. The van der Waals surface area contributed by atoms with Gasteiger partial charge in [0.15, 0.2) is 5.13 Å². The van der Waals surface area contributed by atoms with E-state index in [9.17, 15) is 9.18 Å². The summed E-state index contributed by atoms with van der Waals surface area (Å²) in [6.07, 6.45) is 0. The number of fused-ring (bicyclic) bond motifs is 1. The van der Waals surface area contributed by atoms with Crippen LogP contribution in [0, 0.1) is 12.7 Å². The summed E-state index contributed by atoms with van der Waals surface area (Å²) in [5.41, 5.74) is 1.48. The van der Waals surface area contributed by atoms with E-state index in [0.717, 1.165) is 10.3 Å². The summed E-state index contributed by atoms with van der Waals surface area (Å²) in [5.74, 6) is -0.695. The van der Waals surface area contributed by atoms with Crippen LogP contribution in [-0.2, 0) is 0 Å². The van der Waals surface area contributed by atoms with Crippen LogP contribution in [0.4, 0.5) is 9.52 Å². The molecule has 0 aliphatic heterocycles. The number of aryl methyl sites for hydroxylation is 1. The van der Waals surface area contributed by atoms with Crippen molar-refractivity contribution in [3.8, 4) is 5.75 Å². The van der Waals surface area contributed by atoms with Crippen LogP contribution < -0.4 is 10.1 Å². The third-order valence-corrected chi connectivity index (χ3v) is 4.75. The minimum Gasteiger partial charge on any atom is -0.494 e. The molecule has 1 aromatic heterocycles. The Morgan fingerprint density at radius 2 is 2.13 bits per heavy atom. The predicted molar refractivity (Wildman–Crippen MR) is 90.3 cm³/mol. The van der Waals surface area contributed by atoms with Gasteiger partial charge < -0.3 is 4.74 Å². The third kappa shape index (κ3) is 2.87. The summed E-state index contributed by atoms with van der Waals surface area (Å²) in [6.45, 7) is 1.94. The van der Waals surface area contributed by atoms with Crippen molar-refractivity contribution >= 4 is 44.2 Å². The van der Waals surface area contributed by atoms with Crippen molar-refractivity contribution in [3.05, 3.63) is 52.3 Å². The summed E-state index contributed by atoms with van der Waals surface area (Å²) in [4.78, 5) is 16.6.